The van der Waals surface area contributed by atoms with Crippen LogP contribution < -0.4 is 10.4 Å². The van der Waals surface area contributed by atoms with E-state index in [9.17, 15) is 0 Å². The smallest absolute Gasteiger partial charge is 0.0190 e. The first-order chi connectivity index (χ1) is 7.74. The summed E-state index contributed by atoms with van der Waals surface area (Å²) in [4.78, 5) is 0. The quantitative estimate of drug-likeness (QED) is 0.673. The van der Waals surface area contributed by atoms with Crippen molar-refractivity contribution < 1.29 is 0 Å². The molecule has 0 heterocycles. The Morgan fingerprint density at radius 3 is 2.56 bits per heavy atom. The molecule has 82 valence electrons. The zero-order valence-corrected chi connectivity index (χ0v) is 9.98. The SMILES string of the molecule is C=c1cccc\c1=C/C=C\C=C/C(C)=C/C. The van der Waals surface area contributed by atoms with E-state index >= 15 is 0 Å². The lowest BCUT2D eigenvalue weighted by molar-refractivity contribution is 1.48. The van der Waals surface area contributed by atoms with Crippen LogP contribution in [0.25, 0.3) is 12.7 Å². The predicted molar refractivity (Wildman–Crippen MR) is 73.4 cm³/mol. The van der Waals surface area contributed by atoms with Gasteiger partial charge in [-0.05, 0) is 24.3 Å². The minimum atomic E-state index is 1.06. The van der Waals surface area contributed by atoms with Gasteiger partial charge in [0.25, 0.3) is 0 Å². The van der Waals surface area contributed by atoms with Gasteiger partial charge in [-0.1, -0.05) is 72.9 Å². The molecule has 0 saturated carbocycles. The van der Waals surface area contributed by atoms with Gasteiger partial charge in [-0.2, -0.15) is 0 Å². The molecule has 16 heavy (non-hydrogen) atoms. The normalized spacial score (nSPS) is 14.1. The van der Waals surface area contributed by atoms with Crippen LogP contribution in [-0.2, 0) is 0 Å². The molecule has 0 aromatic heterocycles. The van der Waals surface area contributed by atoms with Crippen LogP contribution in [0.1, 0.15) is 13.8 Å². The Balaban J connectivity index is 2.75. The van der Waals surface area contributed by atoms with Crippen LogP contribution in [0, 0.1) is 0 Å². The molecule has 0 amide bonds. The number of rotatable bonds is 3. The number of hydrogen-bond donors (Lipinski definition) is 0. The average Bonchev–Trinajstić information content (AvgIpc) is 2.30. The second-order valence-electron chi connectivity index (χ2n) is 3.64. The molecule has 1 aromatic carbocycles. The summed E-state index contributed by atoms with van der Waals surface area (Å²) in [6, 6.07) is 8.10. The van der Waals surface area contributed by atoms with Gasteiger partial charge >= 0.3 is 0 Å². The third kappa shape index (κ3) is 4.14. The van der Waals surface area contributed by atoms with Gasteiger partial charge in [-0.3, -0.25) is 0 Å². The summed E-state index contributed by atoms with van der Waals surface area (Å²) in [5, 5.41) is 2.22. The maximum atomic E-state index is 3.97. The highest BCUT2D eigenvalue weighted by atomic mass is 13.8. The monoisotopic (exact) mass is 210 g/mol. The van der Waals surface area contributed by atoms with Crippen LogP contribution in [0.15, 0.2) is 60.2 Å². The van der Waals surface area contributed by atoms with Crippen molar-refractivity contribution in [2.75, 3.05) is 0 Å². The fourth-order valence-electron chi connectivity index (χ4n) is 1.22. The van der Waals surface area contributed by atoms with Crippen molar-refractivity contribution >= 4 is 12.7 Å². The minimum Gasteiger partial charge on any atom is -0.0912 e. The largest absolute Gasteiger partial charge is 0.0912 e. The van der Waals surface area contributed by atoms with E-state index in [1.54, 1.807) is 0 Å². The molecule has 0 bridgehead atoms. The first-order valence-electron chi connectivity index (χ1n) is 5.46. The predicted octanol–water partition coefficient (Wildman–Crippen LogP) is 2.96. The maximum Gasteiger partial charge on any atom is -0.0190 e. The number of benzene rings is 1. The molecule has 0 aliphatic heterocycles. The van der Waals surface area contributed by atoms with Gasteiger partial charge in [0.05, 0.1) is 0 Å². The van der Waals surface area contributed by atoms with Gasteiger partial charge in [0.2, 0.25) is 0 Å². The van der Waals surface area contributed by atoms with Gasteiger partial charge in [0.1, 0.15) is 0 Å². The summed E-state index contributed by atoms with van der Waals surface area (Å²) in [6.45, 7) is 8.09. The fourth-order valence-corrected chi connectivity index (χ4v) is 1.22. The molecular formula is C16H18. The molecular weight excluding hydrogens is 192 g/mol. The molecule has 0 atom stereocenters. The highest BCUT2D eigenvalue weighted by Crippen LogP contribution is 1.93. The summed E-state index contributed by atoms with van der Waals surface area (Å²) in [5.41, 5.74) is 1.27. The molecule has 0 N–H and O–H groups in total. The summed E-state index contributed by atoms with van der Waals surface area (Å²) in [5.74, 6) is 0. The van der Waals surface area contributed by atoms with E-state index in [4.69, 9.17) is 0 Å². The second kappa shape index (κ2) is 6.62. The Morgan fingerprint density at radius 2 is 1.88 bits per heavy atom. The maximum absolute atomic E-state index is 3.97. The third-order valence-electron chi connectivity index (χ3n) is 2.37. The van der Waals surface area contributed by atoms with E-state index in [1.807, 2.05) is 43.4 Å². The van der Waals surface area contributed by atoms with Crippen LogP contribution in [0.4, 0.5) is 0 Å². The highest BCUT2D eigenvalue weighted by molar-refractivity contribution is 5.39. The van der Waals surface area contributed by atoms with E-state index in [2.05, 4.69) is 37.8 Å². The molecule has 0 saturated heterocycles. The summed E-state index contributed by atoms with van der Waals surface area (Å²) < 4.78 is 0. The molecule has 0 unspecified atom stereocenters. The Kier molecular flexibility index (Phi) is 5.07. The van der Waals surface area contributed by atoms with Crippen molar-refractivity contribution in [3.05, 3.63) is 70.7 Å². The van der Waals surface area contributed by atoms with Crippen LogP contribution >= 0.6 is 0 Å². The topological polar surface area (TPSA) is 0 Å². The van der Waals surface area contributed by atoms with Crippen molar-refractivity contribution in [1.82, 2.24) is 0 Å². The first kappa shape index (κ1) is 12.3. The van der Waals surface area contributed by atoms with Gasteiger partial charge in [0, 0.05) is 0 Å². The van der Waals surface area contributed by atoms with E-state index in [-0.39, 0.29) is 0 Å². The van der Waals surface area contributed by atoms with Gasteiger partial charge < -0.3 is 0 Å². The Labute approximate surface area is 97.6 Å². The van der Waals surface area contributed by atoms with Crippen LogP contribution in [-0.4, -0.2) is 0 Å². The molecule has 1 rings (SSSR count). The molecule has 0 spiro atoms. The standard InChI is InChI=1S/C16H18/c1-4-14(2)10-6-5-7-12-16-13-9-8-11-15(16)3/h4-13H,3H2,1-2H3/b7-5-,10-6-,14-4+,16-12+. The highest BCUT2D eigenvalue weighted by Gasteiger charge is 1.77. The van der Waals surface area contributed by atoms with Crippen molar-refractivity contribution in [2.45, 2.75) is 13.8 Å². The Bertz CT molecular complexity index is 513. The van der Waals surface area contributed by atoms with Gasteiger partial charge in [-0.25, -0.2) is 0 Å². The average molecular weight is 210 g/mol. The lowest BCUT2D eigenvalue weighted by atomic mass is 10.2. The van der Waals surface area contributed by atoms with Crippen molar-refractivity contribution in [2.24, 2.45) is 0 Å². The summed E-state index contributed by atoms with van der Waals surface area (Å²) >= 11 is 0. The second-order valence-corrected chi connectivity index (χ2v) is 3.64. The van der Waals surface area contributed by atoms with Crippen LogP contribution in [0.2, 0.25) is 0 Å². The van der Waals surface area contributed by atoms with Crippen LogP contribution in [0.3, 0.4) is 0 Å². The van der Waals surface area contributed by atoms with Gasteiger partial charge in [0.15, 0.2) is 0 Å². The molecule has 0 aliphatic rings. The lowest BCUT2D eigenvalue weighted by Crippen LogP contribution is -2.21. The molecule has 0 nitrogen and oxygen atoms in total. The molecule has 0 heteroatoms. The molecule has 1 aromatic rings. The number of hydrogen-bond acceptors (Lipinski definition) is 0. The van der Waals surface area contributed by atoms with Crippen molar-refractivity contribution in [1.29, 1.82) is 0 Å². The zero-order valence-electron chi connectivity index (χ0n) is 9.98. The van der Waals surface area contributed by atoms with E-state index < -0.39 is 0 Å². The molecule has 0 radical (unpaired) electrons. The van der Waals surface area contributed by atoms with Crippen molar-refractivity contribution in [3.63, 3.8) is 0 Å². The van der Waals surface area contributed by atoms with Gasteiger partial charge in [-0.15, -0.1) is 0 Å². The van der Waals surface area contributed by atoms with Crippen LogP contribution in [0.5, 0.6) is 0 Å². The first-order valence-corrected chi connectivity index (χ1v) is 5.46. The summed E-state index contributed by atoms with van der Waals surface area (Å²) in [6.07, 6.45) is 12.3. The molecule has 0 fully saturated rings. The lowest BCUT2D eigenvalue weighted by Gasteiger charge is -1.85. The fraction of sp³-hybridized carbons (Fsp3) is 0.125. The molecule has 0 aliphatic carbocycles. The van der Waals surface area contributed by atoms with E-state index in [1.165, 1.54) is 5.57 Å². The zero-order chi connectivity index (χ0) is 11.8. The minimum absolute atomic E-state index is 1.06. The summed E-state index contributed by atoms with van der Waals surface area (Å²) in [7, 11) is 0. The van der Waals surface area contributed by atoms with E-state index in [0.717, 1.165) is 10.4 Å². The van der Waals surface area contributed by atoms with Crippen molar-refractivity contribution in [3.8, 4) is 0 Å². The Hall–Kier alpha value is -1.82. The number of allylic oxidation sites excluding steroid dienone is 6. The third-order valence-corrected chi connectivity index (χ3v) is 2.37. The Morgan fingerprint density at radius 1 is 1.12 bits per heavy atom. The van der Waals surface area contributed by atoms with E-state index in [0.29, 0.717) is 0 Å².